The summed E-state index contributed by atoms with van der Waals surface area (Å²) >= 11 is 0. The summed E-state index contributed by atoms with van der Waals surface area (Å²) in [5.41, 5.74) is 0.891. The number of sulfonamides is 1. The van der Waals surface area contributed by atoms with Gasteiger partial charge in [-0.05, 0) is 50.1 Å². The lowest BCUT2D eigenvalue weighted by atomic mass is 9.97. The molecular formula is C25H29N5O4S. The first kappa shape index (κ1) is 24.5. The average molecular weight is 496 g/mol. The van der Waals surface area contributed by atoms with Crippen LogP contribution in [0.2, 0.25) is 0 Å². The lowest BCUT2D eigenvalue weighted by Gasteiger charge is -2.32. The molecule has 9 nitrogen and oxygen atoms in total. The van der Waals surface area contributed by atoms with Gasteiger partial charge in [0.25, 0.3) is 10.0 Å². The van der Waals surface area contributed by atoms with Crippen molar-refractivity contribution in [2.45, 2.75) is 24.7 Å². The van der Waals surface area contributed by atoms with Gasteiger partial charge in [-0.1, -0.05) is 18.2 Å². The molecule has 4 rings (SSSR count). The van der Waals surface area contributed by atoms with Crippen LogP contribution in [0.1, 0.15) is 19.8 Å². The van der Waals surface area contributed by atoms with Crippen LogP contribution in [0.3, 0.4) is 0 Å². The van der Waals surface area contributed by atoms with Gasteiger partial charge in [-0.3, -0.25) is 14.1 Å². The molecule has 0 aliphatic carbocycles. The van der Waals surface area contributed by atoms with E-state index in [4.69, 9.17) is 4.74 Å². The summed E-state index contributed by atoms with van der Waals surface area (Å²) in [7, 11) is -2.37. The SMILES string of the molecule is CCN(c1ccccc1)S(=O)(=O)c1ccc(OC)c(NC(=O)C2CCCN(c3cnccn3)C2)c1. The van der Waals surface area contributed by atoms with Gasteiger partial charge in [0.1, 0.15) is 11.6 Å². The second-order valence-electron chi connectivity index (χ2n) is 8.21. The van der Waals surface area contributed by atoms with Crippen molar-refractivity contribution >= 4 is 33.1 Å². The molecule has 1 atom stereocenters. The quantitative estimate of drug-likeness (QED) is 0.509. The molecule has 1 amide bonds. The van der Waals surface area contributed by atoms with E-state index in [1.54, 1.807) is 55.8 Å². The molecule has 2 aromatic carbocycles. The number of para-hydroxylation sites is 1. The van der Waals surface area contributed by atoms with E-state index in [2.05, 4.69) is 15.3 Å². The Hall–Kier alpha value is -3.66. The number of carbonyl (C=O) groups excluding carboxylic acids is 1. The summed E-state index contributed by atoms with van der Waals surface area (Å²) in [5.74, 6) is 0.645. The molecule has 1 aliphatic heterocycles. The molecule has 0 radical (unpaired) electrons. The minimum absolute atomic E-state index is 0.0733. The molecule has 1 N–H and O–H groups in total. The molecule has 1 aliphatic rings. The summed E-state index contributed by atoms with van der Waals surface area (Å²) in [4.78, 5) is 23.8. The molecule has 0 bridgehead atoms. The van der Waals surface area contributed by atoms with Gasteiger partial charge in [0.05, 0.1) is 35.5 Å². The smallest absolute Gasteiger partial charge is 0.264 e. The fraction of sp³-hybridized carbons (Fsp3) is 0.320. The van der Waals surface area contributed by atoms with Crippen LogP contribution >= 0.6 is 0 Å². The van der Waals surface area contributed by atoms with E-state index in [1.165, 1.54) is 23.5 Å². The molecule has 3 aromatic rings. The van der Waals surface area contributed by atoms with E-state index in [9.17, 15) is 13.2 Å². The predicted octanol–water partition coefficient (Wildman–Crippen LogP) is 3.56. The Morgan fingerprint density at radius 1 is 1.20 bits per heavy atom. The van der Waals surface area contributed by atoms with E-state index >= 15 is 0 Å². The lowest BCUT2D eigenvalue weighted by Crippen LogP contribution is -2.41. The van der Waals surface area contributed by atoms with Crippen molar-refractivity contribution in [3.63, 3.8) is 0 Å². The summed E-state index contributed by atoms with van der Waals surface area (Å²) < 4.78 is 33.7. The zero-order chi connectivity index (χ0) is 24.8. The normalized spacial score (nSPS) is 15.9. The third-order valence-corrected chi connectivity index (χ3v) is 7.91. The molecule has 1 saturated heterocycles. The predicted molar refractivity (Wildman–Crippen MR) is 135 cm³/mol. The average Bonchev–Trinajstić information content (AvgIpc) is 2.90. The minimum atomic E-state index is -3.85. The van der Waals surface area contributed by atoms with Crippen molar-refractivity contribution in [1.82, 2.24) is 9.97 Å². The van der Waals surface area contributed by atoms with Crippen LogP contribution in [0, 0.1) is 5.92 Å². The third kappa shape index (κ3) is 5.37. The molecular weight excluding hydrogens is 466 g/mol. The van der Waals surface area contributed by atoms with E-state index in [-0.39, 0.29) is 23.3 Å². The maximum absolute atomic E-state index is 13.5. The van der Waals surface area contributed by atoms with E-state index < -0.39 is 10.0 Å². The second kappa shape index (κ2) is 10.7. The number of ether oxygens (including phenoxy) is 1. The highest BCUT2D eigenvalue weighted by molar-refractivity contribution is 7.92. The fourth-order valence-electron chi connectivity index (χ4n) is 4.25. The highest BCUT2D eigenvalue weighted by Gasteiger charge is 2.29. The number of anilines is 3. The number of aromatic nitrogens is 2. The maximum atomic E-state index is 13.5. The Labute approximate surface area is 205 Å². The van der Waals surface area contributed by atoms with Gasteiger partial charge < -0.3 is 15.0 Å². The molecule has 2 heterocycles. The van der Waals surface area contributed by atoms with Crippen molar-refractivity contribution in [2.24, 2.45) is 5.92 Å². The van der Waals surface area contributed by atoms with Crippen LogP contribution in [0.15, 0.2) is 72.0 Å². The van der Waals surface area contributed by atoms with Crippen molar-refractivity contribution in [2.75, 3.05) is 41.3 Å². The Morgan fingerprint density at radius 3 is 2.69 bits per heavy atom. The zero-order valence-corrected chi connectivity index (χ0v) is 20.6. The number of hydrogen-bond donors (Lipinski definition) is 1. The van der Waals surface area contributed by atoms with Crippen LogP contribution in [-0.4, -0.2) is 51.0 Å². The van der Waals surface area contributed by atoms with E-state index in [1.807, 2.05) is 11.0 Å². The van der Waals surface area contributed by atoms with E-state index in [0.717, 1.165) is 25.2 Å². The summed E-state index contributed by atoms with van der Waals surface area (Å²) in [6.45, 7) is 3.34. The zero-order valence-electron chi connectivity index (χ0n) is 19.8. The van der Waals surface area contributed by atoms with Gasteiger partial charge in [0.15, 0.2) is 0 Å². The number of nitrogens with zero attached hydrogens (tertiary/aromatic N) is 4. The van der Waals surface area contributed by atoms with Crippen molar-refractivity contribution in [3.05, 3.63) is 67.1 Å². The number of benzene rings is 2. The van der Waals surface area contributed by atoms with Crippen LogP contribution in [0.25, 0.3) is 0 Å². The van der Waals surface area contributed by atoms with Gasteiger partial charge in [0, 0.05) is 32.0 Å². The van der Waals surface area contributed by atoms with Gasteiger partial charge in [0.2, 0.25) is 5.91 Å². The molecule has 1 aromatic heterocycles. The first-order valence-corrected chi connectivity index (χ1v) is 13.0. The Bertz CT molecular complexity index is 1260. The summed E-state index contributed by atoms with van der Waals surface area (Å²) in [6, 6.07) is 13.4. The Morgan fingerprint density at radius 2 is 2.00 bits per heavy atom. The molecule has 0 spiro atoms. The molecule has 1 unspecified atom stereocenters. The third-order valence-electron chi connectivity index (χ3n) is 6.01. The highest BCUT2D eigenvalue weighted by atomic mass is 32.2. The molecule has 1 fully saturated rings. The largest absolute Gasteiger partial charge is 0.495 e. The number of carbonyl (C=O) groups is 1. The topological polar surface area (TPSA) is 105 Å². The van der Waals surface area contributed by atoms with Gasteiger partial charge in [-0.15, -0.1) is 0 Å². The maximum Gasteiger partial charge on any atom is 0.264 e. The number of rotatable bonds is 8. The standard InChI is InChI=1S/C25H29N5O4S/c1-3-30(20-9-5-4-6-10-20)35(32,33)21-11-12-23(34-2)22(16-21)28-25(31)19-8-7-15-29(18-19)24-17-26-13-14-27-24/h4-6,9-14,16-17,19H,3,7-8,15,18H2,1-2H3,(H,28,31). The second-order valence-corrected chi connectivity index (χ2v) is 10.1. The van der Waals surface area contributed by atoms with Gasteiger partial charge in [-0.2, -0.15) is 0 Å². The first-order chi connectivity index (χ1) is 16.9. The van der Waals surface area contributed by atoms with Crippen LogP contribution in [-0.2, 0) is 14.8 Å². The lowest BCUT2D eigenvalue weighted by molar-refractivity contribution is -0.120. The highest BCUT2D eigenvalue weighted by Crippen LogP contribution is 2.32. The number of piperidine rings is 1. The van der Waals surface area contributed by atoms with E-state index in [0.29, 0.717) is 23.7 Å². The molecule has 0 saturated carbocycles. The van der Waals surface area contributed by atoms with Gasteiger partial charge in [-0.25, -0.2) is 13.4 Å². The summed E-state index contributed by atoms with van der Waals surface area (Å²) in [6.07, 6.45) is 6.49. The van der Waals surface area contributed by atoms with Crippen molar-refractivity contribution in [3.8, 4) is 5.75 Å². The van der Waals surface area contributed by atoms with Gasteiger partial charge >= 0.3 is 0 Å². The Balaban J connectivity index is 1.56. The number of nitrogens with one attached hydrogen (secondary N) is 1. The number of hydrogen-bond acceptors (Lipinski definition) is 7. The van der Waals surface area contributed by atoms with Crippen LogP contribution in [0.4, 0.5) is 17.2 Å². The monoisotopic (exact) mass is 495 g/mol. The number of amides is 1. The van der Waals surface area contributed by atoms with Crippen LogP contribution < -0.4 is 19.3 Å². The number of methoxy groups -OCH3 is 1. The molecule has 184 valence electrons. The Kier molecular flexibility index (Phi) is 7.50. The minimum Gasteiger partial charge on any atom is -0.495 e. The van der Waals surface area contributed by atoms with Crippen molar-refractivity contribution < 1.29 is 17.9 Å². The summed E-state index contributed by atoms with van der Waals surface area (Å²) in [5, 5.41) is 2.90. The molecule has 35 heavy (non-hydrogen) atoms. The fourth-order valence-corrected chi connectivity index (χ4v) is 5.75. The van der Waals surface area contributed by atoms with Crippen LogP contribution in [0.5, 0.6) is 5.75 Å². The molecule has 10 heteroatoms. The first-order valence-electron chi connectivity index (χ1n) is 11.5. The van der Waals surface area contributed by atoms with Crippen molar-refractivity contribution in [1.29, 1.82) is 0 Å².